The zero-order chi connectivity index (χ0) is 21.2. The molecule has 0 spiro atoms. The quantitative estimate of drug-likeness (QED) is 0.274. The van der Waals surface area contributed by atoms with E-state index in [4.69, 9.17) is 14.5 Å². The SMILES string of the molecule is CCNC(=NCC(O)c1cc(OC)ccc1OC)N1CCC(CN(CC)CC)C1.I. The largest absolute Gasteiger partial charge is 0.497 e. The van der Waals surface area contributed by atoms with E-state index in [-0.39, 0.29) is 30.5 Å². The monoisotopic (exact) mass is 534 g/mol. The maximum atomic E-state index is 10.8. The number of hydrogen-bond acceptors (Lipinski definition) is 5. The third-order valence-electron chi connectivity index (χ3n) is 5.54. The number of rotatable bonds is 10. The average molecular weight is 534 g/mol. The number of nitrogens with zero attached hydrogens (tertiary/aromatic N) is 3. The van der Waals surface area contributed by atoms with Crippen molar-refractivity contribution in [3.05, 3.63) is 23.8 Å². The van der Waals surface area contributed by atoms with Gasteiger partial charge in [-0.25, -0.2) is 0 Å². The van der Waals surface area contributed by atoms with Crippen LogP contribution in [-0.4, -0.2) is 80.9 Å². The van der Waals surface area contributed by atoms with E-state index in [1.54, 1.807) is 14.2 Å². The van der Waals surface area contributed by atoms with Gasteiger partial charge in [0.15, 0.2) is 5.96 Å². The first kappa shape index (κ1) is 26.8. The van der Waals surface area contributed by atoms with Crippen molar-refractivity contribution < 1.29 is 14.6 Å². The Morgan fingerprint density at radius 3 is 2.60 bits per heavy atom. The van der Waals surface area contributed by atoms with Crippen LogP contribution in [0.3, 0.4) is 0 Å². The summed E-state index contributed by atoms with van der Waals surface area (Å²) in [6.07, 6.45) is 0.412. The number of guanidine groups is 1. The van der Waals surface area contributed by atoms with E-state index in [2.05, 4.69) is 35.9 Å². The van der Waals surface area contributed by atoms with Crippen LogP contribution >= 0.6 is 24.0 Å². The Morgan fingerprint density at radius 1 is 1.27 bits per heavy atom. The summed E-state index contributed by atoms with van der Waals surface area (Å²) < 4.78 is 10.7. The van der Waals surface area contributed by atoms with Crippen LogP contribution in [0.1, 0.15) is 38.9 Å². The first-order chi connectivity index (χ1) is 14.1. The topological polar surface area (TPSA) is 69.6 Å². The highest BCUT2D eigenvalue weighted by molar-refractivity contribution is 14.0. The van der Waals surface area contributed by atoms with Crippen LogP contribution in [0.5, 0.6) is 11.5 Å². The first-order valence-corrected chi connectivity index (χ1v) is 10.7. The molecule has 172 valence electrons. The predicted octanol–water partition coefficient (Wildman–Crippen LogP) is 2.98. The molecule has 0 radical (unpaired) electrons. The fourth-order valence-electron chi connectivity index (χ4n) is 3.82. The van der Waals surface area contributed by atoms with Crippen LogP contribution in [0, 0.1) is 5.92 Å². The molecule has 1 aromatic carbocycles. The van der Waals surface area contributed by atoms with Gasteiger partial charge in [-0.15, -0.1) is 24.0 Å². The van der Waals surface area contributed by atoms with Crippen LogP contribution in [0.2, 0.25) is 0 Å². The standard InChI is InChI=1S/C22H38N4O3.HI/c1-6-23-22(26-12-11-17(16-26)15-25(7-2)8-3)24-14-20(27)19-13-18(28-4)9-10-21(19)29-5;/h9-10,13,17,20,27H,6-8,11-12,14-16H2,1-5H3,(H,23,24);1H. The molecule has 1 fully saturated rings. The highest BCUT2D eigenvalue weighted by Gasteiger charge is 2.26. The minimum atomic E-state index is -0.761. The Morgan fingerprint density at radius 2 is 2.00 bits per heavy atom. The first-order valence-electron chi connectivity index (χ1n) is 10.7. The summed E-state index contributed by atoms with van der Waals surface area (Å²) in [6, 6.07) is 5.44. The van der Waals surface area contributed by atoms with Gasteiger partial charge in [-0.1, -0.05) is 13.8 Å². The van der Waals surface area contributed by atoms with E-state index in [0.29, 0.717) is 23.0 Å². The van der Waals surface area contributed by atoms with E-state index in [1.807, 2.05) is 18.2 Å². The number of halogens is 1. The van der Waals surface area contributed by atoms with Crippen LogP contribution in [0.15, 0.2) is 23.2 Å². The molecule has 0 bridgehead atoms. The molecule has 2 unspecified atom stereocenters. The fraction of sp³-hybridized carbons (Fsp3) is 0.682. The van der Waals surface area contributed by atoms with E-state index in [1.165, 1.54) is 6.42 Å². The lowest BCUT2D eigenvalue weighted by molar-refractivity contribution is 0.181. The van der Waals surface area contributed by atoms with Gasteiger partial charge in [0, 0.05) is 31.7 Å². The lowest BCUT2D eigenvalue weighted by Gasteiger charge is -2.24. The van der Waals surface area contributed by atoms with Gasteiger partial charge < -0.3 is 29.7 Å². The number of hydrogen-bond donors (Lipinski definition) is 2. The lowest BCUT2D eigenvalue weighted by Crippen LogP contribution is -2.41. The van der Waals surface area contributed by atoms with Gasteiger partial charge in [0.1, 0.15) is 17.6 Å². The molecule has 7 nitrogen and oxygen atoms in total. The Labute approximate surface area is 198 Å². The molecule has 2 N–H and O–H groups in total. The number of likely N-dealkylation sites (tertiary alicyclic amines) is 1. The summed E-state index contributed by atoms with van der Waals surface area (Å²) in [6.45, 7) is 12.9. The molecule has 0 aliphatic carbocycles. The van der Waals surface area contributed by atoms with Crippen molar-refractivity contribution in [1.82, 2.24) is 15.1 Å². The van der Waals surface area contributed by atoms with Crippen LogP contribution in [0.4, 0.5) is 0 Å². The molecule has 1 heterocycles. The zero-order valence-electron chi connectivity index (χ0n) is 19.1. The van der Waals surface area contributed by atoms with Crippen molar-refractivity contribution in [1.29, 1.82) is 0 Å². The highest BCUT2D eigenvalue weighted by atomic mass is 127. The molecule has 2 atom stereocenters. The molecule has 30 heavy (non-hydrogen) atoms. The number of benzene rings is 1. The van der Waals surface area contributed by atoms with Crippen molar-refractivity contribution in [2.75, 3.05) is 60.0 Å². The van der Waals surface area contributed by atoms with Gasteiger partial charge in [-0.3, -0.25) is 4.99 Å². The number of aliphatic hydroxyl groups is 1. The zero-order valence-corrected chi connectivity index (χ0v) is 21.4. The Kier molecular flexibility index (Phi) is 12.4. The highest BCUT2D eigenvalue weighted by Crippen LogP contribution is 2.29. The van der Waals surface area contributed by atoms with E-state index in [0.717, 1.165) is 45.2 Å². The van der Waals surface area contributed by atoms with Crippen LogP contribution in [0.25, 0.3) is 0 Å². The average Bonchev–Trinajstić information content (AvgIpc) is 3.22. The van der Waals surface area contributed by atoms with E-state index < -0.39 is 6.10 Å². The van der Waals surface area contributed by atoms with Gasteiger partial charge in [0.25, 0.3) is 0 Å². The van der Waals surface area contributed by atoms with Gasteiger partial charge in [-0.05, 0) is 50.6 Å². The molecule has 1 aromatic rings. The van der Waals surface area contributed by atoms with E-state index >= 15 is 0 Å². The van der Waals surface area contributed by atoms with Gasteiger partial charge in [0.2, 0.25) is 0 Å². The van der Waals surface area contributed by atoms with Crippen molar-refractivity contribution in [2.24, 2.45) is 10.9 Å². The van der Waals surface area contributed by atoms with Crippen molar-refractivity contribution in [3.8, 4) is 11.5 Å². The fourth-order valence-corrected chi connectivity index (χ4v) is 3.82. The molecule has 2 rings (SSSR count). The molecule has 1 saturated heterocycles. The van der Waals surface area contributed by atoms with Gasteiger partial charge in [0.05, 0.1) is 20.8 Å². The number of aliphatic imine (C=N–C) groups is 1. The van der Waals surface area contributed by atoms with Crippen molar-refractivity contribution in [2.45, 2.75) is 33.3 Å². The van der Waals surface area contributed by atoms with Gasteiger partial charge in [-0.2, -0.15) is 0 Å². The van der Waals surface area contributed by atoms with Crippen molar-refractivity contribution in [3.63, 3.8) is 0 Å². The Hall–Kier alpha value is -1.26. The van der Waals surface area contributed by atoms with Crippen molar-refractivity contribution >= 4 is 29.9 Å². The van der Waals surface area contributed by atoms with Crippen LogP contribution in [-0.2, 0) is 0 Å². The molecule has 8 heteroatoms. The molecular weight excluding hydrogens is 495 g/mol. The summed E-state index contributed by atoms with van der Waals surface area (Å²) >= 11 is 0. The molecule has 1 aliphatic rings. The number of methoxy groups -OCH3 is 2. The molecular formula is C22H39IN4O3. The lowest BCUT2D eigenvalue weighted by atomic mass is 10.1. The summed E-state index contributed by atoms with van der Waals surface area (Å²) in [7, 11) is 3.22. The van der Waals surface area contributed by atoms with Gasteiger partial charge >= 0.3 is 0 Å². The van der Waals surface area contributed by atoms with Crippen LogP contribution < -0.4 is 14.8 Å². The normalized spacial score (nSPS) is 17.6. The Balaban J connectivity index is 0.00000450. The molecule has 1 aliphatic heterocycles. The summed E-state index contributed by atoms with van der Waals surface area (Å²) in [4.78, 5) is 9.52. The number of nitrogens with one attached hydrogen (secondary N) is 1. The number of aliphatic hydroxyl groups excluding tert-OH is 1. The van der Waals surface area contributed by atoms with E-state index in [9.17, 15) is 5.11 Å². The summed E-state index contributed by atoms with van der Waals surface area (Å²) in [5, 5.41) is 14.1. The molecule has 0 aromatic heterocycles. The second-order valence-electron chi connectivity index (χ2n) is 7.40. The predicted molar refractivity (Wildman–Crippen MR) is 133 cm³/mol. The maximum Gasteiger partial charge on any atom is 0.194 e. The second-order valence-corrected chi connectivity index (χ2v) is 7.40. The summed E-state index contributed by atoms with van der Waals surface area (Å²) in [5.74, 6) is 2.85. The summed E-state index contributed by atoms with van der Waals surface area (Å²) in [5.41, 5.74) is 0.687. The third-order valence-corrected chi connectivity index (χ3v) is 5.54. The Bertz CT molecular complexity index is 655. The minimum Gasteiger partial charge on any atom is -0.497 e. The third kappa shape index (κ3) is 7.46. The second kappa shape index (κ2) is 13.9. The number of ether oxygens (including phenoxy) is 2. The smallest absolute Gasteiger partial charge is 0.194 e. The molecule has 0 saturated carbocycles. The molecule has 0 amide bonds. The maximum absolute atomic E-state index is 10.8. The minimum absolute atomic E-state index is 0.